The summed E-state index contributed by atoms with van der Waals surface area (Å²) >= 11 is 0. The summed E-state index contributed by atoms with van der Waals surface area (Å²) in [5, 5.41) is 4.67. The minimum absolute atomic E-state index is 0.467. The first-order chi connectivity index (χ1) is 6.70. The lowest BCUT2D eigenvalue weighted by Gasteiger charge is -2.02. The smallest absolute Gasteiger partial charge is 0.375 e. The number of alkyl carbamates (subject to hydrolysis) is 1. The van der Waals surface area contributed by atoms with E-state index in [0.29, 0.717) is 6.54 Å². The number of esters is 1. The second kappa shape index (κ2) is 8.15. The molecule has 1 amide bonds. The van der Waals surface area contributed by atoms with Crippen molar-refractivity contribution in [3.8, 4) is 0 Å². The van der Waals surface area contributed by atoms with Crippen LogP contribution in [0.25, 0.3) is 0 Å². The van der Waals surface area contributed by atoms with Gasteiger partial charge in [-0.2, -0.15) is 4.91 Å². The Balaban J connectivity index is 3.45. The Morgan fingerprint density at radius 3 is 2.64 bits per heavy atom. The molecule has 0 aliphatic rings. The summed E-state index contributed by atoms with van der Waals surface area (Å²) in [6, 6.07) is 0. The molecular formula is C8H14N2O4. The zero-order valence-electron chi connectivity index (χ0n) is 8.12. The lowest BCUT2D eigenvalue weighted by Crippen LogP contribution is -2.28. The van der Waals surface area contributed by atoms with Crippen LogP contribution in [0.15, 0.2) is 5.18 Å². The number of unbranched alkanes of at least 4 members (excludes halogenated alkanes) is 2. The summed E-state index contributed by atoms with van der Waals surface area (Å²) < 4.78 is 4.19. The van der Waals surface area contributed by atoms with Crippen molar-refractivity contribution in [1.82, 2.24) is 5.32 Å². The molecule has 0 saturated heterocycles. The molecule has 0 atom stereocenters. The van der Waals surface area contributed by atoms with Crippen molar-refractivity contribution >= 4 is 12.1 Å². The predicted octanol–water partition coefficient (Wildman–Crippen LogP) is 1.20. The lowest BCUT2D eigenvalue weighted by molar-refractivity contribution is -0.135. The minimum Gasteiger partial charge on any atom is -0.375 e. The van der Waals surface area contributed by atoms with Crippen molar-refractivity contribution in [1.29, 1.82) is 0 Å². The van der Waals surface area contributed by atoms with Gasteiger partial charge in [-0.05, 0) is 6.42 Å². The van der Waals surface area contributed by atoms with Gasteiger partial charge in [0.05, 0.1) is 0 Å². The first-order valence-electron chi connectivity index (χ1n) is 4.48. The van der Waals surface area contributed by atoms with E-state index in [2.05, 4.69) is 15.2 Å². The van der Waals surface area contributed by atoms with E-state index in [-0.39, 0.29) is 0 Å². The number of hydrogen-bond acceptors (Lipinski definition) is 5. The Morgan fingerprint density at radius 1 is 1.36 bits per heavy atom. The second-order valence-electron chi connectivity index (χ2n) is 2.68. The molecule has 14 heavy (non-hydrogen) atoms. The van der Waals surface area contributed by atoms with Crippen molar-refractivity contribution in [2.45, 2.75) is 26.2 Å². The average Bonchev–Trinajstić information content (AvgIpc) is 2.13. The molecule has 80 valence electrons. The number of rotatable bonds is 6. The molecular weight excluding hydrogens is 188 g/mol. The number of ether oxygens (including phenoxy) is 1. The Labute approximate surface area is 82.0 Å². The van der Waals surface area contributed by atoms with Crippen LogP contribution < -0.4 is 5.32 Å². The third kappa shape index (κ3) is 7.20. The zero-order chi connectivity index (χ0) is 10.8. The summed E-state index contributed by atoms with van der Waals surface area (Å²) in [7, 11) is 0. The van der Waals surface area contributed by atoms with E-state index in [1.807, 2.05) is 6.92 Å². The molecule has 0 saturated carbocycles. The van der Waals surface area contributed by atoms with Gasteiger partial charge < -0.3 is 10.1 Å². The summed E-state index contributed by atoms with van der Waals surface area (Å²) in [6.07, 6.45) is 2.07. The maximum Gasteiger partial charge on any atom is 0.414 e. The molecule has 6 nitrogen and oxygen atoms in total. The normalized spacial score (nSPS) is 9.21. The van der Waals surface area contributed by atoms with Crippen LogP contribution in [-0.4, -0.2) is 25.2 Å². The molecule has 0 fully saturated rings. The van der Waals surface area contributed by atoms with Crippen LogP contribution in [0.1, 0.15) is 26.2 Å². The molecule has 0 heterocycles. The highest BCUT2D eigenvalue weighted by molar-refractivity contribution is 5.85. The quantitative estimate of drug-likeness (QED) is 0.303. The standard InChI is InChI=1S/C8H14N2O4/c1-2-3-4-5-9-8(12)14-7(11)6-10-13/h2-6H2,1H3,(H,9,12). The fraction of sp³-hybridized carbons (Fsp3) is 0.750. The largest absolute Gasteiger partial charge is 0.414 e. The average molecular weight is 202 g/mol. The number of nitroso groups, excluding NO2 is 1. The van der Waals surface area contributed by atoms with Gasteiger partial charge in [0.2, 0.25) is 0 Å². The maximum atomic E-state index is 10.8. The molecule has 0 radical (unpaired) electrons. The lowest BCUT2D eigenvalue weighted by atomic mass is 10.2. The highest BCUT2D eigenvalue weighted by Crippen LogP contribution is 1.91. The van der Waals surface area contributed by atoms with E-state index in [1.165, 1.54) is 0 Å². The van der Waals surface area contributed by atoms with Crippen LogP contribution in [-0.2, 0) is 9.53 Å². The van der Waals surface area contributed by atoms with Crippen molar-refractivity contribution in [3.63, 3.8) is 0 Å². The third-order valence-electron chi connectivity index (χ3n) is 1.45. The van der Waals surface area contributed by atoms with Gasteiger partial charge in [0.1, 0.15) is 0 Å². The summed E-state index contributed by atoms with van der Waals surface area (Å²) in [5.74, 6) is -0.937. The van der Waals surface area contributed by atoms with E-state index in [4.69, 9.17) is 0 Å². The molecule has 6 heteroatoms. The SMILES string of the molecule is CCCCCNC(=O)OC(=O)CN=O. The third-order valence-corrected chi connectivity index (χ3v) is 1.45. The van der Waals surface area contributed by atoms with E-state index in [1.54, 1.807) is 0 Å². The number of hydrogen-bond donors (Lipinski definition) is 1. The zero-order valence-corrected chi connectivity index (χ0v) is 8.12. The van der Waals surface area contributed by atoms with Gasteiger partial charge >= 0.3 is 12.1 Å². The summed E-state index contributed by atoms with van der Waals surface area (Å²) in [5.41, 5.74) is 0. The summed E-state index contributed by atoms with van der Waals surface area (Å²) in [6.45, 7) is 1.87. The molecule has 0 aliphatic heterocycles. The van der Waals surface area contributed by atoms with Crippen LogP contribution in [0.5, 0.6) is 0 Å². The number of nitrogens with one attached hydrogen (secondary N) is 1. The summed E-state index contributed by atoms with van der Waals surface area (Å²) in [4.78, 5) is 31.0. The molecule has 0 rings (SSSR count). The van der Waals surface area contributed by atoms with E-state index in [0.717, 1.165) is 19.3 Å². The Hall–Kier alpha value is -1.46. The predicted molar refractivity (Wildman–Crippen MR) is 49.7 cm³/mol. The fourth-order valence-corrected chi connectivity index (χ4v) is 0.790. The van der Waals surface area contributed by atoms with E-state index >= 15 is 0 Å². The Kier molecular flexibility index (Phi) is 7.30. The van der Waals surface area contributed by atoms with Crippen LogP contribution in [0, 0.1) is 4.91 Å². The molecule has 0 bridgehead atoms. The van der Waals surface area contributed by atoms with Gasteiger partial charge in [0, 0.05) is 6.54 Å². The topological polar surface area (TPSA) is 84.8 Å². The van der Waals surface area contributed by atoms with Crippen LogP contribution in [0.4, 0.5) is 4.79 Å². The maximum absolute atomic E-state index is 10.8. The van der Waals surface area contributed by atoms with Gasteiger partial charge in [0.25, 0.3) is 0 Å². The van der Waals surface area contributed by atoms with Crippen molar-refractivity contribution < 1.29 is 14.3 Å². The number of amides is 1. The number of carbonyl (C=O) groups is 2. The van der Waals surface area contributed by atoms with Crippen molar-refractivity contribution in [2.24, 2.45) is 5.18 Å². The fourth-order valence-electron chi connectivity index (χ4n) is 0.790. The Bertz CT molecular complexity index is 206. The van der Waals surface area contributed by atoms with Gasteiger partial charge in [-0.1, -0.05) is 24.9 Å². The van der Waals surface area contributed by atoms with Crippen LogP contribution in [0.3, 0.4) is 0 Å². The molecule has 0 unspecified atom stereocenters. The first kappa shape index (κ1) is 12.5. The van der Waals surface area contributed by atoms with Gasteiger partial charge in [-0.15, -0.1) is 0 Å². The number of carbonyl (C=O) groups excluding carboxylic acids is 2. The molecule has 0 aromatic rings. The molecule has 0 aromatic carbocycles. The highest BCUT2D eigenvalue weighted by atomic mass is 16.6. The van der Waals surface area contributed by atoms with E-state index in [9.17, 15) is 14.5 Å². The first-order valence-corrected chi connectivity index (χ1v) is 4.48. The van der Waals surface area contributed by atoms with E-state index < -0.39 is 18.6 Å². The van der Waals surface area contributed by atoms with Gasteiger partial charge in [-0.3, -0.25) is 0 Å². The highest BCUT2D eigenvalue weighted by Gasteiger charge is 2.08. The molecule has 0 aliphatic carbocycles. The van der Waals surface area contributed by atoms with Crippen molar-refractivity contribution in [3.05, 3.63) is 4.91 Å². The Morgan fingerprint density at radius 2 is 2.07 bits per heavy atom. The molecule has 1 N–H and O–H groups in total. The number of nitrogens with zero attached hydrogens (tertiary/aromatic N) is 1. The van der Waals surface area contributed by atoms with Crippen molar-refractivity contribution in [2.75, 3.05) is 13.1 Å². The van der Waals surface area contributed by atoms with Gasteiger partial charge in [-0.25, -0.2) is 9.59 Å². The monoisotopic (exact) mass is 202 g/mol. The van der Waals surface area contributed by atoms with Crippen LogP contribution in [0.2, 0.25) is 0 Å². The minimum atomic E-state index is -0.937. The second-order valence-corrected chi connectivity index (χ2v) is 2.68. The molecule has 0 spiro atoms. The van der Waals surface area contributed by atoms with Gasteiger partial charge in [0.15, 0.2) is 6.54 Å². The van der Waals surface area contributed by atoms with Crippen LogP contribution >= 0.6 is 0 Å². The molecule has 0 aromatic heterocycles.